The monoisotopic (exact) mass is 225 g/mol. The first kappa shape index (κ1) is 10.1. The Morgan fingerprint density at radius 2 is 2.33 bits per heavy atom. The Morgan fingerprint density at radius 3 is 3.00 bits per heavy atom. The number of aliphatic imine (C=N–C) groups is 1. The van der Waals surface area contributed by atoms with Crippen molar-refractivity contribution in [1.82, 2.24) is 9.88 Å². The van der Waals surface area contributed by atoms with Crippen LogP contribution in [0.1, 0.15) is 5.56 Å². The molecule has 0 N–H and O–H groups in total. The zero-order chi connectivity index (χ0) is 10.8. The molecule has 0 aliphatic carbocycles. The molecule has 1 aliphatic rings. The van der Waals surface area contributed by atoms with E-state index in [1.54, 1.807) is 11.0 Å². The molecule has 0 bridgehead atoms. The fraction of sp³-hybridized carbons (Fsp3) is 0.200. The molecule has 1 aromatic rings. The molecule has 5 heteroatoms. The molecule has 15 heavy (non-hydrogen) atoms. The van der Waals surface area contributed by atoms with Crippen LogP contribution in [-0.2, 0) is 0 Å². The number of rotatable bonds is 1. The summed E-state index contributed by atoms with van der Waals surface area (Å²) < 4.78 is 13.4. The topological polar surface area (TPSA) is 28.5 Å². The molecule has 0 atom stereocenters. The SMILES string of the molecule is CN1CC=C(c2ccncc2F)N=C1Cl. The highest BCUT2D eigenvalue weighted by Gasteiger charge is 2.13. The molecular formula is C10H9ClFN3. The van der Waals surface area contributed by atoms with Gasteiger partial charge < -0.3 is 4.90 Å². The molecule has 3 nitrogen and oxygen atoms in total. The molecule has 2 rings (SSSR count). The summed E-state index contributed by atoms with van der Waals surface area (Å²) in [5.41, 5.74) is 0.981. The van der Waals surface area contributed by atoms with E-state index in [0.29, 0.717) is 23.1 Å². The van der Waals surface area contributed by atoms with Gasteiger partial charge in [0.05, 0.1) is 11.9 Å². The van der Waals surface area contributed by atoms with Crippen molar-refractivity contribution >= 4 is 22.6 Å². The Kier molecular flexibility index (Phi) is 2.68. The van der Waals surface area contributed by atoms with E-state index >= 15 is 0 Å². The van der Waals surface area contributed by atoms with Gasteiger partial charge in [-0.1, -0.05) is 0 Å². The van der Waals surface area contributed by atoms with E-state index < -0.39 is 0 Å². The van der Waals surface area contributed by atoms with Gasteiger partial charge in [0, 0.05) is 25.4 Å². The third-order valence-electron chi connectivity index (χ3n) is 2.13. The number of amidine groups is 1. The van der Waals surface area contributed by atoms with E-state index in [2.05, 4.69) is 9.98 Å². The van der Waals surface area contributed by atoms with Crippen LogP contribution in [0.2, 0.25) is 0 Å². The zero-order valence-corrected chi connectivity index (χ0v) is 8.87. The van der Waals surface area contributed by atoms with Crippen molar-refractivity contribution in [1.29, 1.82) is 0 Å². The summed E-state index contributed by atoms with van der Waals surface area (Å²) in [6.45, 7) is 0.624. The number of halogens is 2. The second-order valence-electron chi connectivity index (χ2n) is 3.21. The molecule has 2 heterocycles. The summed E-state index contributed by atoms with van der Waals surface area (Å²) in [6.07, 6.45) is 4.52. The minimum Gasteiger partial charge on any atom is -0.346 e. The van der Waals surface area contributed by atoms with Gasteiger partial charge in [-0.05, 0) is 23.7 Å². The van der Waals surface area contributed by atoms with Crippen LogP contribution in [0.5, 0.6) is 0 Å². The predicted molar refractivity (Wildman–Crippen MR) is 58.1 cm³/mol. The second-order valence-corrected chi connectivity index (χ2v) is 3.54. The molecule has 78 valence electrons. The van der Waals surface area contributed by atoms with Crippen molar-refractivity contribution in [3.8, 4) is 0 Å². The van der Waals surface area contributed by atoms with Crippen LogP contribution in [0, 0.1) is 5.82 Å². The summed E-state index contributed by atoms with van der Waals surface area (Å²) in [7, 11) is 1.82. The highest BCUT2D eigenvalue weighted by Crippen LogP contribution is 2.22. The normalized spacial score (nSPS) is 16.1. The van der Waals surface area contributed by atoms with Crippen LogP contribution in [-0.4, -0.2) is 28.8 Å². The fourth-order valence-corrected chi connectivity index (χ4v) is 1.44. The van der Waals surface area contributed by atoms with Gasteiger partial charge in [0.2, 0.25) is 0 Å². The largest absolute Gasteiger partial charge is 0.346 e. The van der Waals surface area contributed by atoms with Crippen LogP contribution in [0.25, 0.3) is 5.70 Å². The Bertz CT molecular complexity index is 442. The van der Waals surface area contributed by atoms with Gasteiger partial charge >= 0.3 is 0 Å². The molecule has 0 fully saturated rings. The number of nitrogens with zero attached hydrogens (tertiary/aromatic N) is 3. The highest BCUT2D eigenvalue weighted by molar-refractivity contribution is 6.65. The number of aromatic nitrogens is 1. The predicted octanol–water partition coefficient (Wildman–Crippen LogP) is 2.10. The second kappa shape index (κ2) is 3.98. The molecule has 0 saturated heterocycles. The van der Waals surface area contributed by atoms with Gasteiger partial charge in [-0.25, -0.2) is 9.38 Å². The third kappa shape index (κ3) is 1.99. The van der Waals surface area contributed by atoms with Crippen molar-refractivity contribution in [2.24, 2.45) is 4.99 Å². The van der Waals surface area contributed by atoms with E-state index in [1.165, 1.54) is 6.20 Å². The lowest BCUT2D eigenvalue weighted by Gasteiger charge is -2.19. The summed E-state index contributed by atoms with van der Waals surface area (Å²) in [4.78, 5) is 9.54. The van der Waals surface area contributed by atoms with Crippen molar-refractivity contribution in [3.05, 3.63) is 35.9 Å². The zero-order valence-electron chi connectivity index (χ0n) is 8.11. The first-order chi connectivity index (χ1) is 7.18. The number of hydrogen-bond acceptors (Lipinski definition) is 3. The minimum atomic E-state index is -0.387. The molecular weight excluding hydrogens is 217 g/mol. The summed E-state index contributed by atoms with van der Waals surface area (Å²) in [6, 6.07) is 1.58. The first-order valence-electron chi connectivity index (χ1n) is 4.44. The van der Waals surface area contributed by atoms with Crippen LogP contribution in [0.15, 0.2) is 29.5 Å². The van der Waals surface area contributed by atoms with E-state index in [-0.39, 0.29) is 5.82 Å². The number of pyridine rings is 1. The van der Waals surface area contributed by atoms with Gasteiger partial charge in [0.15, 0.2) is 11.1 Å². The lowest BCUT2D eigenvalue weighted by molar-refractivity contribution is 0.567. The van der Waals surface area contributed by atoms with Gasteiger partial charge in [0.1, 0.15) is 0 Å². The average molecular weight is 226 g/mol. The summed E-state index contributed by atoms with van der Waals surface area (Å²) >= 11 is 5.86. The van der Waals surface area contributed by atoms with Crippen molar-refractivity contribution in [2.45, 2.75) is 0 Å². The standard InChI is InChI=1S/C10H9ClFN3/c1-15-5-3-9(14-10(15)11)7-2-4-13-6-8(7)12/h2-4,6H,5H2,1H3. The average Bonchev–Trinajstić information content (AvgIpc) is 2.23. The van der Waals surface area contributed by atoms with E-state index in [0.717, 1.165) is 6.20 Å². The molecule has 1 aromatic heterocycles. The van der Waals surface area contributed by atoms with Crippen molar-refractivity contribution in [2.75, 3.05) is 13.6 Å². The van der Waals surface area contributed by atoms with Gasteiger partial charge in [-0.3, -0.25) is 4.98 Å². The molecule has 0 saturated carbocycles. The summed E-state index contributed by atoms with van der Waals surface area (Å²) in [5, 5.41) is 0.365. The lowest BCUT2D eigenvalue weighted by atomic mass is 10.1. The molecule has 0 aromatic carbocycles. The maximum absolute atomic E-state index is 13.4. The van der Waals surface area contributed by atoms with E-state index in [4.69, 9.17) is 11.6 Å². The van der Waals surface area contributed by atoms with E-state index in [1.807, 2.05) is 13.1 Å². The molecule has 0 spiro atoms. The minimum absolute atomic E-state index is 0.365. The molecule has 0 amide bonds. The quantitative estimate of drug-likeness (QED) is 0.685. The van der Waals surface area contributed by atoms with Gasteiger partial charge in [0.25, 0.3) is 0 Å². The van der Waals surface area contributed by atoms with Gasteiger partial charge in [-0.2, -0.15) is 0 Å². The Morgan fingerprint density at radius 1 is 1.53 bits per heavy atom. The lowest BCUT2D eigenvalue weighted by Crippen LogP contribution is -2.25. The van der Waals surface area contributed by atoms with Crippen LogP contribution < -0.4 is 0 Å². The summed E-state index contributed by atoms with van der Waals surface area (Å²) in [5.74, 6) is -0.387. The first-order valence-corrected chi connectivity index (χ1v) is 4.81. The Labute approximate surface area is 91.9 Å². The van der Waals surface area contributed by atoms with Crippen molar-refractivity contribution < 1.29 is 4.39 Å². The van der Waals surface area contributed by atoms with E-state index in [9.17, 15) is 4.39 Å². The maximum atomic E-state index is 13.4. The fourth-order valence-electron chi connectivity index (χ4n) is 1.28. The van der Waals surface area contributed by atoms with Gasteiger partial charge in [-0.15, -0.1) is 0 Å². The third-order valence-corrected chi connectivity index (χ3v) is 2.51. The maximum Gasteiger partial charge on any atom is 0.199 e. The number of hydrogen-bond donors (Lipinski definition) is 0. The van der Waals surface area contributed by atoms with Crippen LogP contribution >= 0.6 is 11.6 Å². The van der Waals surface area contributed by atoms with Crippen molar-refractivity contribution in [3.63, 3.8) is 0 Å². The highest BCUT2D eigenvalue weighted by atomic mass is 35.5. The Balaban J connectivity index is 2.38. The smallest absolute Gasteiger partial charge is 0.199 e. The molecule has 0 radical (unpaired) electrons. The van der Waals surface area contributed by atoms with Crippen LogP contribution in [0.3, 0.4) is 0 Å². The Hall–Kier alpha value is -1.42. The molecule has 1 aliphatic heterocycles. The molecule has 0 unspecified atom stereocenters. The van der Waals surface area contributed by atoms with Crippen LogP contribution in [0.4, 0.5) is 4.39 Å². The number of likely N-dealkylation sites (N-methyl/N-ethyl adjacent to an activating group) is 1.